The minimum absolute atomic E-state index is 0.304. The molecule has 0 N–H and O–H groups in total. The molecule has 0 aliphatic carbocycles. The third-order valence-corrected chi connectivity index (χ3v) is 3.61. The SMILES string of the molecule is Cn1nc(C(F)F)c(C(=O)N(Cc2cccnc2)CC(F)(F)F)c1Cl. The van der Waals surface area contributed by atoms with E-state index in [1.807, 2.05) is 0 Å². The number of rotatable bonds is 5. The van der Waals surface area contributed by atoms with Gasteiger partial charge < -0.3 is 4.90 Å². The number of nitrogens with zero attached hydrogens (tertiary/aromatic N) is 4. The highest BCUT2D eigenvalue weighted by molar-refractivity contribution is 6.33. The van der Waals surface area contributed by atoms with Crippen molar-refractivity contribution in [1.82, 2.24) is 19.7 Å². The van der Waals surface area contributed by atoms with Crippen molar-refractivity contribution in [3.63, 3.8) is 0 Å². The molecule has 0 aliphatic rings. The largest absolute Gasteiger partial charge is 0.406 e. The summed E-state index contributed by atoms with van der Waals surface area (Å²) >= 11 is 5.80. The van der Waals surface area contributed by atoms with Crippen molar-refractivity contribution in [2.75, 3.05) is 6.54 Å². The van der Waals surface area contributed by atoms with Crippen LogP contribution in [0.15, 0.2) is 24.5 Å². The van der Waals surface area contributed by atoms with E-state index in [1.165, 1.54) is 31.6 Å². The Labute approximate surface area is 144 Å². The Kier molecular flexibility index (Phi) is 5.61. The average Bonchev–Trinajstić information content (AvgIpc) is 2.81. The number of amides is 1. The van der Waals surface area contributed by atoms with Crippen molar-refractivity contribution in [3.8, 4) is 0 Å². The van der Waals surface area contributed by atoms with Gasteiger partial charge in [0.05, 0.1) is 0 Å². The second kappa shape index (κ2) is 7.34. The molecule has 2 rings (SSSR count). The number of aromatic nitrogens is 3. The van der Waals surface area contributed by atoms with Crippen LogP contribution in [0, 0.1) is 0 Å². The molecule has 0 aromatic carbocycles. The fourth-order valence-corrected chi connectivity index (χ4v) is 2.38. The molecule has 0 unspecified atom stereocenters. The molecule has 2 heterocycles. The Morgan fingerprint density at radius 3 is 2.60 bits per heavy atom. The number of carbonyl (C=O) groups excluding carboxylic acids is 1. The predicted octanol–water partition coefficient (Wildman–Crippen LogP) is 3.61. The lowest BCUT2D eigenvalue weighted by molar-refractivity contribution is -0.141. The fourth-order valence-electron chi connectivity index (χ4n) is 2.16. The molecule has 0 atom stereocenters. The summed E-state index contributed by atoms with van der Waals surface area (Å²) in [5, 5.41) is 2.95. The van der Waals surface area contributed by atoms with Gasteiger partial charge in [0.15, 0.2) is 0 Å². The molecule has 0 radical (unpaired) electrons. The number of hydrogen-bond acceptors (Lipinski definition) is 3. The van der Waals surface area contributed by atoms with Crippen LogP contribution in [0.2, 0.25) is 5.15 Å². The molecule has 0 saturated carbocycles. The molecule has 0 aliphatic heterocycles. The summed E-state index contributed by atoms with van der Waals surface area (Å²) in [6.45, 7) is -2.10. The zero-order valence-electron chi connectivity index (χ0n) is 12.8. The Hall–Kier alpha value is -2.23. The lowest BCUT2D eigenvalue weighted by Crippen LogP contribution is -2.39. The zero-order valence-corrected chi connectivity index (χ0v) is 13.5. The van der Waals surface area contributed by atoms with Gasteiger partial charge in [-0.25, -0.2) is 8.78 Å². The van der Waals surface area contributed by atoms with Crippen LogP contribution in [0.5, 0.6) is 0 Å². The van der Waals surface area contributed by atoms with E-state index in [0.717, 1.165) is 4.68 Å². The molecule has 0 fully saturated rings. The number of carbonyl (C=O) groups is 1. The van der Waals surface area contributed by atoms with Gasteiger partial charge in [0, 0.05) is 26.0 Å². The van der Waals surface area contributed by atoms with Gasteiger partial charge >= 0.3 is 6.18 Å². The van der Waals surface area contributed by atoms with Crippen molar-refractivity contribution >= 4 is 17.5 Å². The molecule has 0 spiro atoms. The number of alkyl halides is 5. The highest BCUT2D eigenvalue weighted by Crippen LogP contribution is 2.30. The van der Waals surface area contributed by atoms with E-state index in [9.17, 15) is 26.7 Å². The van der Waals surface area contributed by atoms with Gasteiger partial charge in [-0.05, 0) is 11.6 Å². The summed E-state index contributed by atoms with van der Waals surface area (Å²) in [6.07, 6.45) is -5.21. The number of hydrogen-bond donors (Lipinski definition) is 0. The van der Waals surface area contributed by atoms with Crippen LogP contribution in [-0.4, -0.2) is 38.3 Å². The number of aryl methyl sites for hydroxylation is 1. The minimum atomic E-state index is -4.72. The van der Waals surface area contributed by atoms with Crippen LogP contribution in [0.25, 0.3) is 0 Å². The number of halogens is 6. The minimum Gasteiger partial charge on any atom is -0.325 e. The van der Waals surface area contributed by atoms with E-state index in [2.05, 4.69) is 10.1 Å². The van der Waals surface area contributed by atoms with Gasteiger partial charge in [0.1, 0.15) is 23.0 Å². The lowest BCUT2D eigenvalue weighted by atomic mass is 10.2. The van der Waals surface area contributed by atoms with Gasteiger partial charge in [-0.1, -0.05) is 17.7 Å². The molecule has 2 aromatic rings. The van der Waals surface area contributed by atoms with E-state index in [4.69, 9.17) is 11.6 Å². The smallest absolute Gasteiger partial charge is 0.325 e. The third kappa shape index (κ3) is 4.65. The molecular formula is C14H12ClF5N4O. The van der Waals surface area contributed by atoms with Crippen molar-refractivity contribution in [2.45, 2.75) is 19.1 Å². The summed E-state index contributed by atoms with van der Waals surface area (Å²) in [4.78, 5) is 16.7. The zero-order chi connectivity index (χ0) is 18.8. The van der Waals surface area contributed by atoms with Crippen LogP contribution in [0.3, 0.4) is 0 Å². The Bertz CT molecular complexity index is 748. The molecule has 0 saturated heterocycles. The third-order valence-electron chi connectivity index (χ3n) is 3.18. The second-order valence-corrected chi connectivity index (χ2v) is 5.47. The monoisotopic (exact) mass is 382 g/mol. The normalized spacial score (nSPS) is 11.8. The summed E-state index contributed by atoms with van der Waals surface area (Å²) < 4.78 is 65.5. The van der Waals surface area contributed by atoms with Gasteiger partial charge in [0.2, 0.25) is 0 Å². The highest BCUT2D eigenvalue weighted by atomic mass is 35.5. The number of pyridine rings is 1. The van der Waals surface area contributed by atoms with Gasteiger partial charge in [-0.15, -0.1) is 0 Å². The van der Waals surface area contributed by atoms with E-state index >= 15 is 0 Å². The highest BCUT2D eigenvalue weighted by Gasteiger charge is 2.37. The van der Waals surface area contributed by atoms with Crippen LogP contribution in [-0.2, 0) is 13.6 Å². The quantitative estimate of drug-likeness (QED) is 0.742. The topological polar surface area (TPSA) is 51.0 Å². The first-order valence-corrected chi connectivity index (χ1v) is 7.23. The Morgan fingerprint density at radius 2 is 2.08 bits per heavy atom. The summed E-state index contributed by atoms with van der Waals surface area (Å²) in [7, 11) is 1.21. The van der Waals surface area contributed by atoms with E-state index in [0.29, 0.717) is 10.5 Å². The van der Waals surface area contributed by atoms with Crippen molar-refractivity contribution < 1.29 is 26.7 Å². The van der Waals surface area contributed by atoms with Crippen LogP contribution in [0.4, 0.5) is 22.0 Å². The Morgan fingerprint density at radius 1 is 1.40 bits per heavy atom. The van der Waals surface area contributed by atoms with Crippen molar-refractivity contribution in [1.29, 1.82) is 0 Å². The lowest BCUT2D eigenvalue weighted by Gasteiger charge is -2.24. The molecule has 0 bridgehead atoms. The van der Waals surface area contributed by atoms with Crippen molar-refractivity contribution in [3.05, 3.63) is 46.5 Å². The van der Waals surface area contributed by atoms with E-state index < -0.39 is 48.0 Å². The average molecular weight is 383 g/mol. The van der Waals surface area contributed by atoms with E-state index in [1.54, 1.807) is 0 Å². The molecule has 25 heavy (non-hydrogen) atoms. The molecule has 5 nitrogen and oxygen atoms in total. The maximum Gasteiger partial charge on any atom is 0.406 e. The predicted molar refractivity (Wildman–Crippen MR) is 78.2 cm³/mol. The Balaban J connectivity index is 2.42. The van der Waals surface area contributed by atoms with Gasteiger partial charge in [0.25, 0.3) is 12.3 Å². The molecule has 136 valence electrons. The first-order valence-electron chi connectivity index (χ1n) is 6.85. The van der Waals surface area contributed by atoms with Crippen LogP contribution in [0.1, 0.15) is 28.0 Å². The van der Waals surface area contributed by atoms with Gasteiger partial charge in [-0.3, -0.25) is 14.5 Å². The second-order valence-electron chi connectivity index (χ2n) is 5.11. The van der Waals surface area contributed by atoms with Crippen LogP contribution >= 0.6 is 11.6 Å². The maximum atomic E-state index is 13.1. The first-order chi connectivity index (χ1) is 11.6. The standard InChI is InChI=1S/C14H12ClF5N4O/c1-23-11(15)9(10(22-23)12(16)17)13(25)24(7-14(18,19)20)6-8-3-2-4-21-5-8/h2-5,12H,6-7H2,1H3. The maximum absolute atomic E-state index is 13.1. The summed E-state index contributed by atoms with van der Waals surface area (Å²) in [5.41, 5.74) is -1.40. The van der Waals surface area contributed by atoms with Crippen molar-refractivity contribution in [2.24, 2.45) is 7.05 Å². The molecule has 1 amide bonds. The van der Waals surface area contributed by atoms with E-state index in [-0.39, 0.29) is 0 Å². The molecule has 11 heteroatoms. The molecule has 2 aromatic heterocycles. The molecular weight excluding hydrogens is 371 g/mol. The first kappa shape index (κ1) is 19.1. The van der Waals surface area contributed by atoms with Gasteiger partial charge in [-0.2, -0.15) is 18.3 Å². The summed E-state index contributed by atoms with van der Waals surface area (Å²) in [6, 6.07) is 2.94. The van der Waals surface area contributed by atoms with Crippen LogP contribution < -0.4 is 0 Å². The summed E-state index contributed by atoms with van der Waals surface area (Å²) in [5.74, 6) is -1.28. The fraction of sp³-hybridized carbons (Fsp3) is 0.357.